The number of fused-ring (bicyclic) bond motifs is 1. The third kappa shape index (κ3) is 2.73. The number of hydrogen-bond donors (Lipinski definition) is 1. The van der Waals surface area contributed by atoms with E-state index in [2.05, 4.69) is 32.7 Å². The fourth-order valence-electron chi connectivity index (χ4n) is 2.97. The third-order valence-electron chi connectivity index (χ3n) is 4.19. The van der Waals surface area contributed by atoms with Gasteiger partial charge in [0.25, 0.3) is 0 Å². The summed E-state index contributed by atoms with van der Waals surface area (Å²) in [7, 11) is 3.77. The van der Waals surface area contributed by atoms with E-state index in [0.29, 0.717) is 5.82 Å². The van der Waals surface area contributed by atoms with Crippen LogP contribution in [0.3, 0.4) is 0 Å². The van der Waals surface area contributed by atoms with Gasteiger partial charge in [0.2, 0.25) is 5.65 Å². The van der Waals surface area contributed by atoms with Crippen molar-refractivity contribution in [2.24, 2.45) is 7.05 Å². The lowest BCUT2D eigenvalue weighted by Crippen LogP contribution is -2.01. The average molecular weight is 333 g/mol. The van der Waals surface area contributed by atoms with Gasteiger partial charge in [-0.2, -0.15) is 5.10 Å². The molecule has 7 heteroatoms. The predicted octanol–water partition coefficient (Wildman–Crippen LogP) is 2.47. The number of anilines is 1. The van der Waals surface area contributed by atoms with E-state index in [1.54, 1.807) is 0 Å². The number of aryl methyl sites for hydroxylation is 2. The molecule has 0 aliphatic rings. The van der Waals surface area contributed by atoms with Crippen LogP contribution in [-0.4, -0.2) is 36.4 Å². The summed E-state index contributed by atoms with van der Waals surface area (Å²) < 4.78 is 3.78. The molecule has 1 aromatic carbocycles. The lowest BCUT2D eigenvalue weighted by Gasteiger charge is -2.07. The minimum Gasteiger partial charge on any atom is -0.370 e. The summed E-state index contributed by atoms with van der Waals surface area (Å²) in [5, 5.41) is 16.1. The van der Waals surface area contributed by atoms with Crippen LogP contribution in [0.25, 0.3) is 16.9 Å². The number of aromatic nitrogens is 6. The molecular formula is C18H19N7. The maximum Gasteiger partial charge on any atom is 0.203 e. The number of nitrogens with zero attached hydrogens (tertiary/aromatic N) is 6. The molecule has 0 bridgehead atoms. The normalized spacial score (nSPS) is 11.2. The van der Waals surface area contributed by atoms with Gasteiger partial charge in [0.1, 0.15) is 5.82 Å². The van der Waals surface area contributed by atoms with Crippen LogP contribution < -0.4 is 5.32 Å². The quantitative estimate of drug-likeness (QED) is 0.621. The summed E-state index contributed by atoms with van der Waals surface area (Å²) in [5.74, 6) is 1.52. The predicted molar refractivity (Wildman–Crippen MR) is 96.5 cm³/mol. The molecule has 4 aromatic rings. The molecule has 0 aliphatic heterocycles. The van der Waals surface area contributed by atoms with Gasteiger partial charge in [-0.1, -0.05) is 30.3 Å². The fourth-order valence-corrected chi connectivity index (χ4v) is 2.97. The van der Waals surface area contributed by atoms with E-state index < -0.39 is 0 Å². The van der Waals surface area contributed by atoms with Crippen molar-refractivity contribution in [1.82, 2.24) is 29.4 Å². The molecule has 4 rings (SSSR count). The second-order valence-corrected chi connectivity index (χ2v) is 5.99. The SMILES string of the molecule is CNc1nc(-c2cn(C)nc2Cc2ccccc2)cn2c(C)nnc12. The molecule has 0 unspecified atom stereocenters. The second-order valence-electron chi connectivity index (χ2n) is 5.99. The van der Waals surface area contributed by atoms with Crippen molar-refractivity contribution < 1.29 is 0 Å². The summed E-state index contributed by atoms with van der Waals surface area (Å²) in [6, 6.07) is 10.3. The molecule has 3 aromatic heterocycles. The Hall–Kier alpha value is -3.22. The first-order valence-corrected chi connectivity index (χ1v) is 8.12. The van der Waals surface area contributed by atoms with E-state index in [4.69, 9.17) is 4.98 Å². The Morgan fingerprint density at radius 3 is 2.64 bits per heavy atom. The summed E-state index contributed by atoms with van der Waals surface area (Å²) in [4.78, 5) is 4.73. The molecule has 0 aliphatic carbocycles. The lowest BCUT2D eigenvalue weighted by molar-refractivity contribution is 0.749. The van der Waals surface area contributed by atoms with E-state index in [-0.39, 0.29) is 0 Å². The minimum atomic E-state index is 0.701. The number of hydrogen-bond acceptors (Lipinski definition) is 5. The van der Waals surface area contributed by atoms with Gasteiger partial charge in [0, 0.05) is 38.5 Å². The van der Waals surface area contributed by atoms with Crippen LogP contribution in [-0.2, 0) is 13.5 Å². The van der Waals surface area contributed by atoms with Crippen molar-refractivity contribution in [2.75, 3.05) is 12.4 Å². The molecule has 1 N–H and O–H groups in total. The Labute approximate surface area is 145 Å². The van der Waals surface area contributed by atoms with Gasteiger partial charge in [-0.15, -0.1) is 10.2 Å². The molecule has 3 heterocycles. The fraction of sp³-hybridized carbons (Fsp3) is 0.222. The molecule has 0 fully saturated rings. The first-order chi connectivity index (χ1) is 12.2. The largest absolute Gasteiger partial charge is 0.370 e. The molecule has 0 saturated heterocycles. The first kappa shape index (κ1) is 15.3. The molecule has 25 heavy (non-hydrogen) atoms. The second kappa shape index (κ2) is 6.01. The van der Waals surface area contributed by atoms with Gasteiger partial charge in [0.05, 0.1) is 11.4 Å². The summed E-state index contributed by atoms with van der Waals surface area (Å²) >= 11 is 0. The highest BCUT2D eigenvalue weighted by Gasteiger charge is 2.16. The van der Waals surface area contributed by atoms with Crippen LogP contribution >= 0.6 is 0 Å². The highest BCUT2D eigenvalue weighted by Crippen LogP contribution is 2.26. The van der Waals surface area contributed by atoms with Crippen LogP contribution in [0.15, 0.2) is 42.7 Å². The molecular weight excluding hydrogens is 314 g/mol. The van der Waals surface area contributed by atoms with E-state index in [1.165, 1.54) is 5.56 Å². The van der Waals surface area contributed by atoms with Crippen molar-refractivity contribution >= 4 is 11.5 Å². The van der Waals surface area contributed by atoms with Gasteiger partial charge in [0.15, 0.2) is 5.82 Å². The standard InChI is InChI=1S/C18H19N7/c1-12-21-22-18-17(19-2)20-16(11-25(12)18)14-10-24(3)23-15(14)9-13-7-5-4-6-8-13/h4-8,10-11H,9H2,1-3H3,(H,19,20). The zero-order valence-corrected chi connectivity index (χ0v) is 14.4. The molecule has 0 atom stereocenters. The zero-order chi connectivity index (χ0) is 17.4. The Morgan fingerprint density at radius 1 is 1.08 bits per heavy atom. The molecule has 7 nitrogen and oxygen atoms in total. The third-order valence-corrected chi connectivity index (χ3v) is 4.19. The lowest BCUT2D eigenvalue weighted by atomic mass is 10.1. The Morgan fingerprint density at radius 2 is 1.88 bits per heavy atom. The number of benzene rings is 1. The maximum absolute atomic E-state index is 4.73. The Kier molecular flexibility index (Phi) is 3.68. The van der Waals surface area contributed by atoms with Gasteiger partial charge >= 0.3 is 0 Å². The minimum absolute atomic E-state index is 0.701. The van der Waals surface area contributed by atoms with Gasteiger partial charge < -0.3 is 5.32 Å². The van der Waals surface area contributed by atoms with Gasteiger partial charge in [-0.3, -0.25) is 9.08 Å². The zero-order valence-electron chi connectivity index (χ0n) is 14.4. The van der Waals surface area contributed by atoms with Crippen LogP contribution in [0.5, 0.6) is 0 Å². The Balaban J connectivity index is 1.85. The van der Waals surface area contributed by atoms with E-state index in [1.807, 2.05) is 60.7 Å². The van der Waals surface area contributed by atoms with Crippen molar-refractivity contribution in [2.45, 2.75) is 13.3 Å². The van der Waals surface area contributed by atoms with Crippen molar-refractivity contribution in [1.29, 1.82) is 0 Å². The van der Waals surface area contributed by atoms with Crippen LogP contribution in [0.2, 0.25) is 0 Å². The Bertz CT molecular complexity index is 1030. The smallest absolute Gasteiger partial charge is 0.203 e. The molecule has 0 spiro atoms. The molecule has 0 amide bonds. The first-order valence-electron chi connectivity index (χ1n) is 8.12. The van der Waals surface area contributed by atoms with Crippen molar-refractivity contribution in [3.05, 3.63) is 59.8 Å². The number of nitrogens with one attached hydrogen (secondary N) is 1. The van der Waals surface area contributed by atoms with E-state index >= 15 is 0 Å². The van der Waals surface area contributed by atoms with Crippen molar-refractivity contribution in [3.63, 3.8) is 0 Å². The summed E-state index contributed by atoms with van der Waals surface area (Å²) in [5.41, 5.74) is 4.79. The number of rotatable bonds is 4. The van der Waals surface area contributed by atoms with Crippen LogP contribution in [0.1, 0.15) is 17.1 Å². The molecule has 0 radical (unpaired) electrons. The molecule has 0 saturated carbocycles. The molecule has 126 valence electrons. The average Bonchev–Trinajstić information content (AvgIpc) is 3.18. The summed E-state index contributed by atoms with van der Waals surface area (Å²) in [6.45, 7) is 1.93. The van der Waals surface area contributed by atoms with Crippen molar-refractivity contribution in [3.8, 4) is 11.3 Å². The highest BCUT2D eigenvalue weighted by atomic mass is 15.3. The monoisotopic (exact) mass is 333 g/mol. The van der Waals surface area contributed by atoms with Crippen LogP contribution in [0.4, 0.5) is 5.82 Å². The topological polar surface area (TPSA) is 72.9 Å². The maximum atomic E-state index is 4.73. The van der Waals surface area contributed by atoms with Crippen LogP contribution in [0, 0.1) is 6.92 Å². The summed E-state index contributed by atoms with van der Waals surface area (Å²) in [6.07, 6.45) is 4.73. The highest BCUT2D eigenvalue weighted by molar-refractivity contribution is 5.70. The van der Waals surface area contributed by atoms with Gasteiger partial charge in [-0.25, -0.2) is 4.98 Å². The van der Waals surface area contributed by atoms with Gasteiger partial charge in [-0.05, 0) is 12.5 Å². The van der Waals surface area contributed by atoms with E-state index in [9.17, 15) is 0 Å². The van der Waals surface area contributed by atoms with E-state index in [0.717, 1.165) is 34.8 Å².